The van der Waals surface area contributed by atoms with Crippen LogP contribution in [0.5, 0.6) is 5.75 Å². The Balaban J connectivity index is 2.00. The molecule has 1 N–H and O–H groups in total. The van der Waals surface area contributed by atoms with Gasteiger partial charge in [-0.3, -0.25) is 9.62 Å². The molecule has 7 nitrogen and oxygen atoms in total. The number of carbonyl (C=O) groups is 1. The van der Waals surface area contributed by atoms with E-state index in [4.69, 9.17) is 9.47 Å². The van der Waals surface area contributed by atoms with Crippen LogP contribution in [0.25, 0.3) is 0 Å². The molecule has 1 aliphatic rings. The zero-order chi connectivity index (χ0) is 23.9. The third-order valence-corrected chi connectivity index (χ3v) is 6.15. The topological polar surface area (TPSA) is 84.9 Å². The molecule has 3 rings (SSSR count). The molecule has 0 saturated heterocycles. The van der Waals surface area contributed by atoms with Crippen LogP contribution in [0.1, 0.15) is 33.3 Å². The molecule has 0 aliphatic carbocycles. The number of hydrogen-bond donors (Lipinski definition) is 1. The van der Waals surface area contributed by atoms with Gasteiger partial charge in [0.15, 0.2) is 0 Å². The minimum atomic E-state index is -4.69. The summed E-state index contributed by atoms with van der Waals surface area (Å²) in [5.74, 6) is 0.217. The lowest BCUT2D eigenvalue weighted by atomic mass is 10.2. The first-order valence-corrected chi connectivity index (χ1v) is 11.1. The van der Waals surface area contributed by atoms with E-state index in [1.54, 1.807) is 27.7 Å². The average molecular weight is 472 g/mol. The number of fused-ring (bicyclic) bond motifs is 1. The van der Waals surface area contributed by atoms with Crippen molar-refractivity contribution >= 4 is 27.5 Å². The monoisotopic (exact) mass is 472 g/mol. The van der Waals surface area contributed by atoms with Crippen LogP contribution in [-0.4, -0.2) is 32.8 Å². The number of ether oxygens (including phenoxy) is 2. The van der Waals surface area contributed by atoms with E-state index in [9.17, 15) is 26.4 Å². The van der Waals surface area contributed by atoms with Gasteiger partial charge in [-0.25, -0.2) is 13.2 Å². The molecule has 0 bridgehead atoms. The second kappa shape index (κ2) is 8.19. The van der Waals surface area contributed by atoms with E-state index in [1.807, 2.05) is 0 Å². The largest absolute Gasteiger partial charge is 0.487 e. The van der Waals surface area contributed by atoms with E-state index in [0.717, 1.165) is 22.5 Å². The van der Waals surface area contributed by atoms with Crippen molar-refractivity contribution in [3.63, 3.8) is 0 Å². The van der Waals surface area contributed by atoms with Crippen LogP contribution in [-0.2, 0) is 20.9 Å². The second-order valence-corrected chi connectivity index (χ2v) is 10.2. The fraction of sp³-hybridized carbons (Fsp3) is 0.381. The summed E-state index contributed by atoms with van der Waals surface area (Å²) >= 11 is 0. The van der Waals surface area contributed by atoms with Gasteiger partial charge < -0.3 is 9.47 Å². The summed E-state index contributed by atoms with van der Waals surface area (Å²) in [6.07, 6.45) is -5.98. The van der Waals surface area contributed by atoms with Crippen molar-refractivity contribution in [1.82, 2.24) is 0 Å². The number of amides is 1. The van der Waals surface area contributed by atoms with Crippen LogP contribution in [0.15, 0.2) is 47.4 Å². The highest BCUT2D eigenvalue weighted by Gasteiger charge is 2.36. The summed E-state index contributed by atoms with van der Waals surface area (Å²) < 4.78 is 77.8. The Labute approximate surface area is 184 Å². The minimum Gasteiger partial charge on any atom is -0.487 e. The molecule has 32 heavy (non-hydrogen) atoms. The average Bonchev–Trinajstić information content (AvgIpc) is 2.65. The van der Waals surface area contributed by atoms with Crippen LogP contribution in [0.2, 0.25) is 0 Å². The first kappa shape index (κ1) is 23.7. The number of nitrogens with zero attached hydrogens (tertiary/aromatic N) is 1. The highest BCUT2D eigenvalue weighted by atomic mass is 32.2. The van der Waals surface area contributed by atoms with Gasteiger partial charge >= 0.3 is 12.3 Å². The van der Waals surface area contributed by atoms with Crippen molar-refractivity contribution in [3.8, 4) is 5.75 Å². The quantitative estimate of drug-likeness (QED) is 0.678. The molecular formula is C21H23F3N2O5S. The van der Waals surface area contributed by atoms with Crippen molar-refractivity contribution < 1.29 is 35.9 Å². The number of rotatable bonds is 3. The molecule has 1 heterocycles. The Morgan fingerprint density at radius 1 is 1.16 bits per heavy atom. The molecular weight excluding hydrogens is 449 g/mol. The van der Waals surface area contributed by atoms with Gasteiger partial charge in [0.05, 0.1) is 22.7 Å². The fourth-order valence-electron chi connectivity index (χ4n) is 3.08. The van der Waals surface area contributed by atoms with Gasteiger partial charge in [-0.15, -0.1) is 0 Å². The maximum atomic E-state index is 13.3. The number of anilines is 2. The predicted molar refractivity (Wildman–Crippen MR) is 112 cm³/mol. The molecule has 0 unspecified atom stereocenters. The van der Waals surface area contributed by atoms with E-state index < -0.39 is 44.5 Å². The first-order chi connectivity index (χ1) is 14.7. The number of alkyl halides is 3. The summed E-state index contributed by atoms with van der Waals surface area (Å²) in [4.78, 5) is 11.6. The number of benzene rings is 2. The molecule has 1 amide bonds. The lowest BCUT2D eigenvalue weighted by Gasteiger charge is -2.34. The zero-order valence-corrected chi connectivity index (χ0v) is 18.7. The van der Waals surface area contributed by atoms with Gasteiger partial charge in [0.2, 0.25) is 0 Å². The molecule has 174 valence electrons. The number of hydrogen-bond acceptors (Lipinski definition) is 5. The summed E-state index contributed by atoms with van der Waals surface area (Å²) in [5, 5.41) is 2.51. The van der Waals surface area contributed by atoms with E-state index in [0.29, 0.717) is 6.07 Å². The lowest BCUT2D eigenvalue weighted by molar-refractivity contribution is -0.137. The lowest BCUT2D eigenvalue weighted by Crippen LogP contribution is -2.42. The standard InChI is InChI=1S/C21H23F3N2O5S/c1-13-12-26(32(28,29)16-7-5-6-14(10-16)21(22,23)24)17-11-15(8-9-18(17)30-13)25-19(27)31-20(2,3)4/h5-11,13H,12H2,1-4H3,(H,25,27)/t13-/m1/s1. The van der Waals surface area contributed by atoms with Gasteiger partial charge in [0.25, 0.3) is 10.0 Å². The molecule has 0 spiro atoms. The van der Waals surface area contributed by atoms with Crippen molar-refractivity contribution in [2.75, 3.05) is 16.2 Å². The minimum absolute atomic E-state index is 0.0917. The summed E-state index contributed by atoms with van der Waals surface area (Å²) in [6.45, 7) is 6.60. The van der Waals surface area contributed by atoms with Crippen LogP contribution in [0, 0.1) is 0 Å². The molecule has 0 fully saturated rings. The number of carbonyl (C=O) groups excluding carboxylic acids is 1. The van der Waals surface area contributed by atoms with Gasteiger partial charge in [-0.05, 0) is 64.1 Å². The third-order valence-electron chi connectivity index (χ3n) is 4.37. The SMILES string of the molecule is C[C@@H]1CN(S(=O)(=O)c2cccc(C(F)(F)F)c2)c2cc(NC(=O)OC(C)(C)C)ccc2O1. The van der Waals surface area contributed by atoms with Gasteiger partial charge in [0.1, 0.15) is 17.5 Å². The Morgan fingerprint density at radius 2 is 1.84 bits per heavy atom. The second-order valence-electron chi connectivity index (χ2n) is 8.30. The Hall–Kier alpha value is -2.95. The molecule has 0 saturated carbocycles. The summed E-state index contributed by atoms with van der Waals surface area (Å²) in [5.41, 5.74) is -1.48. The van der Waals surface area contributed by atoms with E-state index in [1.165, 1.54) is 18.2 Å². The highest BCUT2D eigenvalue weighted by Crippen LogP contribution is 2.39. The van der Waals surface area contributed by atoms with Gasteiger partial charge in [-0.2, -0.15) is 13.2 Å². The maximum Gasteiger partial charge on any atom is 0.416 e. The zero-order valence-electron chi connectivity index (χ0n) is 17.9. The highest BCUT2D eigenvalue weighted by molar-refractivity contribution is 7.92. The van der Waals surface area contributed by atoms with Crippen molar-refractivity contribution in [3.05, 3.63) is 48.0 Å². The molecule has 0 aromatic heterocycles. The fourth-order valence-corrected chi connectivity index (χ4v) is 4.67. The molecule has 1 atom stereocenters. The van der Waals surface area contributed by atoms with Crippen LogP contribution in [0.4, 0.5) is 29.3 Å². The molecule has 2 aromatic rings. The van der Waals surface area contributed by atoms with Crippen LogP contribution < -0.4 is 14.4 Å². The Kier molecular flexibility index (Phi) is 6.07. The van der Waals surface area contributed by atoms with Crippen molar-refractivity contribution in [1.29, 1.82) is 0 Å². The van der Waals surface area contributed by atoms with Crippen molar-refractivity contribution in [2.24, 2.45) is 0 Å². The molecule has 11 heteroatoms. The van der Waals surface area contributed by atoms with Gasteiger partial charge in [0, 0.05) is 5.69 Å². The van der Waals surface area contributed by atoms with Crippen LogP contribution in [0.3, 0.4) is 0 Å². The summed E-state index contributed by atoms with van der Waals surface area (Å²) in [6, 6.07) is 7.91. The van der Waals surface area contributed by atoms with Crippen LogP contribution >= 0.6 is 0 Å². The van der Waals surface area contributed by atoms with Crippen molar-refractivity contribution in [2.45, 2.75) is 50.5 Å². The normalized spacial score (nSPS) is 16.7. The first-order valence-electron chi connectivity index (χ1n) is 9.67. The molecule has 1 aliphatic heterocycles. The van der Waals surface area contributed by atoms with E-state index >= 15 is 0 Å². The van der Waals surface area contributed by atoms with Gasteiger partial charge in [-0.1, -0.05) is 6.07 Å². The Bertz CT molecular complexity index is 1130. The number of nitrogens with one attached hydrogen (secondary N) is 1. The smallest absolute Gasteiger partial charge is 0.416 e. The third kappa shape index (κ3) is 5.26. The Morgan fingerprint density at radius 3 is 2.47 bits per heavy atom. The van der Waals surface area contributed by atoms with E-state index in [-0.39, 0.29) is 23.7 Å². The predicted octanol–water partition coefficient (Wildman–Crippen LogP) is 5.03. The number of halogens is 3. The number of sulfonamides is 1. The van der Waals surface area contributed by atoms with E-state index in [2.05, 4.69) is 5.32 Å². The maximum absolute atomic E-state index is 13.3. The molecule has 0 radical (unpaired) electrons. The summed E-state index contributed by atoms with van der Waals surface area (Å²) in [7, 11) is -4.36. The molecule has 2 aromatic carbocycles.